The van der Waals surface area contributed by atoms with Gasteiger partial charge in [0, 0.05) is 13.0 Å². The summed E-state index contributed by atoms with van der Waals surface area (Å²) in [5.74, 6) is -0.957. The monoisotopic (exact) mass is 175 g/mol. The van der Waals surface area contributed by atoms with E-state index in [1.54, 1.807) is 7.05 Å². The van der Waals surface area contributed by atoms with Gasteiger partial charge in [-0.25, -0.2) is 0 Å². The van der Waals surface area contributed by atoms with Crippen LogP contribution in [0.4, 0.5) is 0 Å². The Hall–Kier alpha value is -0.650. The van der Waals surface area contributed by atoms with Crippen LogP contribution in [0.3, 0.4) is 0 Å². The normalized spacial score (nSPS) is 37.1. The molecule has 0 aromatic rings. The van der Waals surface area contributed by atoms with Gasteiger partial charge in [0.15, 0.2) is 0 Å². The molecule has 2 atom stereocenters. The van der Waals surface area contributed by atoms with Crippen molar-refractivity contribution in [1.82, 2.24) is 4.90 Å². The maximum Gasteiger partial charge on any atom is 0.321 e. The number of carbonyl (C=O) groups is 1. The van der Waals surface area contributed by atoms with E-state index in [4.69, 9.17) is 10.2 Å². The van der Waals surface area contributed by atoms with Crippen molar-refractivity contribution < 1.29 is 20.1 Å². The zero-order valence-electron chi connectivity index (χ0n) is 6.90. The number of aliphatic hydroxyl groups is 2. The van der Waals surface area contributed by atoms with Crippen LogP contribution in [0.1, 0.15) is 6.42 Å². The van der Waals surface area contributed by atoms with Crippen LogP contribution in [0.5, 0.6) is 0 Å². The predicted octanol–water partition coefficient (Wildman–Crippen LogP) is -1.50. The lowest BCUT2D eigenvalue weighted by Gasteiger charge is -2.17. The van der Waals surface area contributed by atoms with Crippen LogP contribution in [-0.4, -0.2) is 58.0 Å². The van der Waals surface area contributed by atoms with E-state index >= 15 is 0 Å². The summed E-state index contributed by atoms with van der Waals surface area (Å²) in [5.41, 5.74) is -1.24. The quantitative estimate of drug-likeness (QED) is 0.476. The summed E-state index contributed by atoms with van der Waals surface area (Å²) in [6, 6.07) is -0.679. The first-order chi connectivity index (χ1) is 5.48. The molecule has 0 aromatic heterocycles. The molecule has 12 heavy (non-hydrogen) atoms. The number of carboxylic acid groups (broad SMARTS) is 1. The second-order valence-corrected chi connectivity index (χ2v) is 3.36. The number of aliphatic hydroxyl groups excluding tert-OH is 1. The summed E-state index contributed by atoms with van der Waals surface area (Å²) < 4.78 is 0. The van der Waals surface area contributed by atoms with Crippen LogP contribution in [0.15, 0.2) is 0 Å². The van der Waals surface area contributed by atoms with E-state index in [1.807, 2.05) is 0 Å². The molecule has 5 heteroatoms. The standard InChI is InChI=1S/C7H13NO4/c1-8-3-7(12,4-9)2-5(8)6(10)11/h5,9,12H,2-4H2,1H3,(H,10,11)/t5-,7-/m0/s1. The third kappa shape index (κ3) is 1.57. The minimum Gasteiger partial charge on any atom is -0.480 e. The number of hydrogen-bond acceptors (Lipinski definition) is 4. The van der Waals surface area contributed by atoms with Crippen molar-refractivity contribution in [1.29, 1.82) is 0 Å². The number of carboxylic acids is 1. The van der Waals surface area contributed by atoms with Gasteiger partial charge < -0.3 is 15.3 Å². The highest BCUT2D eigenvalue weighted by Crippen LogP contribution is 2.25. The smallest absolute Gasteiger partial charge is 0.321 e. The summed E-state index contributed by atoms with van der Waals surface area (Å²) in [6.45, 7) is -0.179. The first-order valence-corrected chi connectivity index (χ1v) is 3.75. The van der Waals surface area contributed by atoms with Crippen molar-refractivity contribution in [2.45, 2.75) is 18.1 Å². The molecule has 1 aliphatic rings. The van der Waals surface area contributed by atoms with Gasteiger partial charge in [0.2, 0.25) is 0 Å². The van der Waals surface area contributed by atoms with Gasteiger partial charge in [-0.3, -0.25) is 9.69 Å². The lowest BCUT2D eigenvalue weighted by molar-refractivity contribution is -0.141. The third-order valence-electron chi connectivity index (χ3n) is 2.23. The number of hydrogen-bond donors (Lipinski definition) is 3. The van der Waals surface area contributed by atoms with Crippen LogP contribution in [-0.2, 0) is 4.79 Å². The molecule has 0 amide bonds. The first kappa shape index (κ1) is 9.44. The molecule has 0 spiro atoms. The summed E-state index contributed by atoms with van der Waals surface area (Å²) in [5, 5.41) is 27.0. The zero-order chi connectivity index (χ0) is 9.35. The molecule has 0 aliphatic carbocycles. The second kappa shape index (κ2) is 3.01. The van der Waals surface area contributed by atoms with Crippen molar-refractivity contribution >= 4 is 5.97 Å². The highest BCUT2D eigenvalue weighted by molar-refractivity contribution is 5.74. The number of nitrogens with zero attached hydrogens (tertiary/aromatic N) is 1. The van der Waals surface area contributed by atoms with E-state index in [1.165, 1.54) is 4.90 Å². The SMILES string of the molecule is CN1C[C@](O)(CO)C[C@H]1C(=O)O. The molecule has 3 N–H and O–H groups in total. The molecule has 1 aliphatic heterocycles. The van der Waals surface area contributed by atoms with Gasteiger partial charge in [0.1, 0.15) is 11.6 Å². The Morgan fingerprint density at radius 2 is 2.33 bits per heavy atom. The summed E-state index contributed by atoms with van der Waals surface area (Å²) in [4.78, 5) is 12.1. The molecule has 70 valence electrons. The number of β-amino-alcohol motifs (C(OH)–C–C–N with tert-alkyl or cyclic N) is 1. The molecular weight excluding hydrogens is 162 g/mol. The molecule has 0 aromatic carbocycles. The van der Waals surface area contributed by atoms with Crippen LogP contribution >= 0.6 is 0 Å². The number of likely N-dealkylation sites (N-methyl/N-ethyl adjacent to an activating group) is 1. The molecule has 0 saturated carbocycles. The van der Waals surface area contributed by atoms with E-state index in [0.717, 1.165) is 0 Å². The molecule has 1 saturated heterocycles. The Bertz CT molecular complexity index is 196. The minimum atomic E-state index is -1.24. The molecule has 0 radical (unpaired) electrons. The fourth-order valence-electron chi connectivity index (χ4n) is 1.55. The Morgan fingerprint density at radius 1 is 1.75 bits per heavy atom. The molecule has 0 bridgehead atoms. The summed E-state index contributed by atoms with van der Waals surface area (Å²) in [7, 11) is 1.62. The van der Waals surface area contributed by atoms with E-state index in [0.29, 0.717) is 0 Å². The Labute approximate surface area is 70.2 Å². The average Bonchev–Trinajstić information content (AvgIpc) is 2.28. The third-order valence-corrected chi connectivity index (χ3v) is 2.23. The highest BCUT2D eigenvalue weighted by atomic mass is 16.4. The van der Waals surface area contributed by atoms with Crippen LogP contribution < -0.4 is 0 Å². The second-order valence-electron chi connectivity index (χ2n) is 3.36. The predicted molar refractivity (Wildman–Crippen MR) is 40.7 cm³/mol. The number of rotatable bonds is 2. The molecule has 5 nitrogen and oxygen atoms in total. The number of likely N-dealkylation sites (tertiary alicyclic amines) is 1. The summed E-state index contributed by atoms with van der Waals surface area (Å²) >= 11 is 0. The number of aliphatic carboxylic acids is 1. The molecule has 1 heterocycles. The Morgan fingerprint density at radius 3 is 2.58 bits per heavy atom. The van der Waals surface area contributed by atoms with Crippen molar-refractivity contribution in [3.63, 3.8) is 0 Å². The van der Waals surface area contributed by atoms with Gasteiger partial charge in [0.25, 0.3) is 0 Å². The van der Waals surface area contributed by atoms with Gasteiger partial charge in [-0.05, 0) is 7.05 Å². The topological polar surface area (TPSA) is 81.0 Å². The van der Waals surface area contributed by atoms with Crippen LogP contribution in [0.25, 0.3) is 0 Å². The lowest BCUT2D eigenvalue weighted by Crippen LogP contribution is -2.35. The average molecular weight is 175 g/mol. The molecule has 1 fully saturated rings. The van der Waals surface area contributed by atoms with E-state index in [9.17, 15) is 9.90 Å². The Balaban J connectivity index is 2.68. The largest absolute Gasteiger partial charge is 0.480 e. The van der Waals surface area contributed by atoms with Crippen LogP contribution in [0.2, 0.25) is 0 Å². The van der Waals surface area contributed by atoms with Crippen molar-refractivity contribution in [2.75, 3.05) is 20.2 Å². The highest BCUT2D eigenvalue weighted by Gasteiger charge is 2.43. The van der Waals surface area contributed by atoms with Gasteiger partial charge in [-0.15, -0.1) is 0 Å². The van der Waals surface area contributed by atoms with Gasteiger partial charge in [-0.2, -0.15) is 0 Å². The van der Waals surface area contributed by atoms with E-state index in [2.05, 4.69) is 0 Å². The van der Waals surface area contributed by atoms with Crippen LogP contribution in [0, 0.1) is 0 Å². The van der Waals surface area contributed by atoms with Gasteiger partial charge in [-0.1, -0.05) is 0 Å². The van der Waals surface area contributed by atoms with Gasteiger partial charge in [0.05, 0.1) is 6.61 Å². The maximum atomic E-state index is 10.6. The van der Waals surface area contributed by atoms with Crippen molar-refractivity contribution in [3.05, 3.63) is 0 Å². The molecule has 1 rings (SSSR count). The van der Waals surface area contributed by atoms with Gasteiger partial charge >= 0.3 is 5.97 Å². The van der Waals surface area contributed by atoms with Crippen molar-refractivity contribution in [2.24, 2.45) is 0 Å². The van der Waals surface area contributed by atoms with E-state index in [-0.39, 0.29) is 19.6 Å². The fourth-order valence-corrected chi connectivity index (χ4v) is 1.55. The Kier molecular flexibility index (Phi) is 2.36. The first-order valence-electron chi connectivity index (χ1n) is 3.75. The van der Waals surface area contributed by atoms with E-state index < -0.39 is 17.6 Å². The summed E-state index contributed by atoms with van der Waals surface area (Å²) in [6.07, 6.45) is 0.0926. The van der Waals surface area contributed by atoms with Crippen molar-refractivity contribution in [3.8, 4) is 0 Å². The molecular formula is C7H13NO4. The lowest BCUT2D eigenvalue weighted by atomic mass is 10.0. The fraction of sp³-hybridized carbons (Fsp3) is 0.857. The minimum absolute atomic E-state index is 0.0926. The maximum absolute atomic E-state index is 10.6. The zero-order valence-corrected chi connectivity index (χ0v) is 6.90. The molecule has 0 unspecified atom stereocenters.